The molecule has 4 rings (SSSR count). The first-order chi connectivity index (χ1) is 11.7. The molecule has 0 radical (unpaired) electrons. The normalized spacial score (nSPS) is 13.2. The maximum atomic E-state index is 12.7. The minimum absolute atomic E-state index is 0. The fourth-order valence-electron chi connectivity index (χ4n) is 3.32. The summed E-state index contributed by atoms with van der Waals surface area (Å²) in [5.41, 5.74) is 3.85. The van der Waals surface area contributed by atoms with Crippen molar-refractivity contribution in [2.24, 2.45) is 0 Å². The zero-order valence-electron chi connectivity index (χ0n) is 13.4. The van der Waals surface area contributed by atoms with Gasteiger partial charge in [0.1, 0.15) is 17.0 Å². The molecule has 0 amide bonds. The molecule has 0 bridgehead atoms. The lowest BCUT2D eigenvalue weighted by molar-refractivity contribution is 0.112. The van der Waals surface area contributed by atoms with Crippen LogP contribution in [-0.2, 0) is 13.0 Å². The van der Waals surface area contributed by atoms with Crippen LogP contribution in [0.5, 0.6) is 0 Å². The number of aldehydes is 1. The Bertz CT molecular complexity index is 1010. The molecule has 0 N–H and O–H groups in total. The summed E-state index contributed by atoms with van der Waals surface area (Å²) >= 11 is 0. The van der Waals surface area contributed by atoms with Gasteiger partial charge in [-0.15, -0.1) is 0 Å². The molecular formula is C20H21N3O2. The zero-order chi connectivity index (χ0) is 16.7. The molecule has 25 heavy (non-hydrogen) atoms. The van der Waals surface area contributed by atoms with E-state index in [0.29, 0.717) is 24.3 Å². The van der Waals surface area contributed by atoms with Crippen LogP contribution in [0.3, 0.4) is 0 Å². The Morgan fingerprint density at radius 3 is 2.64 bits per heavy atom. The second kappa shape index (κ2) is 6.51. The van der Waals surface area contributed by atoms with E-state index in [0.717, 1.165) is 18.5 Å². The van der Waals surface area contributed by atoms with Crippen LogP contribution in [0.4, 0.5) is 5.82 Å². The van der Waals surface area contributed by atoms with Gasteiger partial charge in [0.05, 0.1) is 0 Å². The molecule has 0 saturated heterocycles. The van der Waals surface area contributed by atoms with Crippen molar-refractivity contribution in [2.45, 2.75) is 27.3 Å². The predicted octanol–water partition coefficient (Wildman–Crippen LogP) is 3.01. The van der Waals surface area contributed by atoms with E-state index in [-0.39, 0.29) is 18.5 Å². The molecule has 0 fully saturated rings. The van der Waals surface area contributed by atoms with Crippen LogP contribution < -0.4 is 10.5 Å². The molecule has 2 aromatic heterocycles. The fraction of sp³-hybridized carbons (Fsp3) is 0.250. The fourth-order valence-corrected chi connectivity index (χ4v) is 3.32. The van der Waals surface area contributed by atoms with Crippen molar-refractivity contribution in [3.05, 3.63) is 75.2 Å². The standard InChI is InChI=1S/C19H17N3O2.CH4/c1-13-5-4-9-22-17(13)20-18(16(12-23)19(22)24)21-10-8-14-6-2-3-7-15(14)11-21;/h2-7,9,12H,8,10-11H2,1H3;1H4. The van der Waals surface area contributed by atoms with Crippen molar-refractivity contribution in [3.8, 4) is 0 Å². The van der Waals surface area contributed by atoms with Gasteiger partial charge in [0.15, 0.2) is 6.29 Å². The summed E-state index contributed by atoms with van der Waals surface area (Å²) in [6.07, 6.45) is 3.16. The lowest BCUT2D eigenvalue weighted by Crippen LogP contribution is -2.34. The number of rotatable bonds is 2. The van der Waals surface area contributed by atoms with Gasteiger partial charge in [-0.1, -0.05) is 37.8 Å². The molecule has 3 aromatic rings. The first-order valence-corrected chi connectivity index (χ1v) is 7.98. The third kappa shape index (κ3) is 2.71. The summed E-state index contributed by atoms with van der Waals surface area (Å²) in [6, 6.07) is 12.0. The number of hydrogen-bond donors (Lipinski definition) is 0. The molecule has 1 aliphatic heterocycles. The SMILES string of the molecule is C.Cc1cccn2c(=O)c(C=O)c(N3CCc4ccccc4C3)nc12. The highest BCUT2D eigenvalue weighted by molar-refractivity contribution is 5.83. The number of carbonyl (C=O) groups is 1. The van der Waals surface area contributed by atoms with Crippen molar-refractivity contribution in [2.75, 3.05) is 11.4 Å². The van der Waals surface area contributed by atoms with Gasteiger partial charge in [0, 0.05) is 19.3 Å². The maximum Gasteiger partial charge on any atom is 0.270 e. The molecular weight excluding hydrogens is 314 g/mol. The first-order valence-electron chi connectivity index (χ1n) is 7.98. The zero-order valence-corrected chi connectivity index (χ0v) is 13.4. The number of benzene rings is 1. The van der Waals surface area contributed by atoms with Gasteiger partial charge in [0.25, 0.3) is 5.56 Å². The van der Waals surface area contributed by atoms with E-state index in [1.54, 1.807) is 12.3 Å². The summed E-state index contributed by atoms with van der Waals surface area (Å²) < 4.78 is 1.44. The third-order valence-electron chi connectivity index (χ3n) is 4.61. The molecule has 5 heteroatoms. The molecule has 1 aliphatic rings. The molecule has 0 aliphatic carbocycles. The van der Waals surface area contributed by atoms with E-state index in [4.69, 9.17) is 0 Å². The Balaban J connectivity index is 0.00000182. The maximum absolute atomic E-state index is 12.7. The second-order valence-corrected chi connectivity index (χ2v) is 6.10. The summed E-state index contributed by atoms with van der Waals surface area (Å²) in [6.45, 7) is 3.31. The van der Waals surface area contributed by atoms with Gasteiger partial charge in [0.2, 0.25) is 0 Å². The molecule has 0 spiro atoms. The Hall–Kier alpha value is -2.95. The molecule has 1 aromatic carbocycles. The number of anilines is 1. The van der Waals surface area contributed by atoms with Crippen molar-refractivity contribution in [1.29, 1.82) is 0 Å². The van der Waals surface area contributed by atoms with E-state index in [1.807, 2.05) is 30.0 Å². The largest absolute Gasteiger partial charge is 0.351 e. The van der Waals surface area contributed by atoms with Crippen molar-refractivity contribution in [1.82, 2.24) is 9.38 Å². The topological polar surface area (TPSA) is 54.7 Å². The minimum atomic E-state index is -0.312. The molecule has 5 nitrogen and oxygen atoms in total. The van der Waals surface area contributed by atoms with Crippen LogP contribution in [0.1, 0.15) is 34.5 Å². The highest BCUT2D eigenvalue weighted by atomic mass is 16.1. The monoisotopic (exact) mass is 335 g/mol. The van der Waals surface area contributed by atoms with Crippen LogP contribution in [0.15, 0.2) is 47.4 Å². The van der Waals surface area contributed by atoms with Crippen LogP contribution in [-0.4, -0.2) is 22.2 Å². The molecule has 3 heterocycles. The number of hydrogen-bond acceptors (Lipinski definition) is 4. The number of fused-ring (bicyclic) bond motifs is 2. The average Bonchev–Trinajstić information content (AvgIpc) is 2.62. The smallest absolute Gasteiger partial charge is 0.270 e. The van der Waals surface area contributed by atoms with E-state index in [1.165, 1.54) is 15.5 Å². The van der Waals surface area contributed by atoms with Crippen LogP contribution in [0.2, 0.25) is 0 Å². The van der Waals surface area contributed by atoms with Crippen LogP contribution >= 0.6 is 0 Å². The Labute approximate surface area is 146 Å². The van der Waals surface area contributed by atoms with Crippen LogP contribution in [0, 0.1) is 6.92 Å². The molecule has 0 saturated carbocycles. The first kappa shape index (κ1) is 16.9. The molecule has 0 unspecified atom stereocenters. The summed E-state index contributed by atoms with van der Waals surface area (Å²) in [4.78, 5) is 31.0. The lowest BCUT2D eigenvalue weighted by atomic mass is 10.00. The van der Waals surface area contributed by atoms with E-state index < -0.39 is 0 Å². The van der Waals surface area contributed by atoms with Gasteiger partial charge in [-0.3, -0.25) is 14.0 Å². The van der Waals surface area contributed by atoms with Gasteiger partial charge in [-0.2, -0.15) is 0 Å². The van der Waals surface area contributed by atoms with E-state index in [9.17, 15) is 9.59 Å². The average molecular weight is 335 g/mol. The van der Waals surface area contributed by atoms with Crippen LogP contribution in [0.25, 0.3) is 5.65 Å². The number of carbonyl (C=O) groups excluding carboxylic acids is 1. The number of nitrogens with zero attached hydrogens (tertiary/aromatic N) is 3. The highest BCUT2D eigenvalue weighted by Crippen LogP contribution is 2.24. The second-order valence-electron chi connectivity index (χ2n) is 6.10. The van der Waals surface area contributed by atoms with Gasteiger partial charge in [-0.05, 0) is 36.1 Å². The van der Waals surface area contributed by atoms with Crippen molar-refractivity contribution >= 4 is 17.8 Å². The summed E-state index contributed by atoms with van der Waals surface area (Å²) in [5.74, 6) is 0.485. The summed E-state index contributed by atoms with van der Waals surface area (Å²) in [5, 5.41) is 0. The lowest BCUT2D eigenvalue weighted by Gasteiger charge is -2.30. The Morgan fingerprint density at radius 2 is 1.88 bits per heavy atom. The summed E-state index contributed by atoms with van der Waals surface area (Å²) in [7, 11) is 0. The van der Waals surface area contributed by atoms with E-state index in [2.05, 4.69) is 17.1 Å². The van der Waals surface area contributed by atoms with Gasteiger partial charge in [-0.25, -0.2) is 4.98 Å². The van der Waals surface area contributed by atoms with Crippen molar-refractivity contribution < 1.29 is 4.79 Å². The van der Waals surface area contributed by atoms with E-state index >= 15 is 0 Å². The highest BCUT2D eigenvalue weighted by Gasteiger charge is 2.22. The predicted molar refractivity (Wildman–Crippen MR) is 99.5 cm³/mol. The Kier molecular flexibility index (Phi) is 4.40. The molecule has 128 valence electrons. The Morgan fingerprint density at radius 1 is 1.12 bits per heavy atom. The third-order valence-corrected chi connectivity index (χ3v) is 4.61. The number of aryl methyl sites for hydroxylation is 1. The quantitative estimate of drug-likeness (QED) is 0.676. The van der Waals surface area contributed by atoms with Crippen molar-refractivity contribution in [3.63, 3.8) is 0 Å². The molecule has 0 atom stereocenters. The van der Waals surface area contributed by atoms with Gasteiger partial charge < -0.3 is 4.90 Å². The number of pyridine rings is 1. The number of aromatic nitrogens is 2. The van der Waals surface area contributed by atoms with Gasteiger partial charge >= 0.3 is 0 Å². The minimum Gasteiger partial charge on any atom is -0.351 e.